The maximum Gasteiger partial charge on any atom is 0.305 e. The van der Waals surface area contributed by atoms with Crippen molar-refractivity contribution in [3.05, 3.63) is 0 Å². The van der Waals surface area contributed by atoms with Crippen molar-refractivity contribution in [3.8, 4) is 0 Å². The minimum absolute atomic E-state index is 0.0300. The van der Waals surface area contributed by atoms with Gasteiger partial charge in [0, 0.05) is 6.42 Å². The maximum atomic E-state index is 11.2. The first-order valence-corrected chi connectivity index (χ1v) is 6.71. The van der Waals surface area contributed by atoms with Crippen molar-refractivity contribution in [3.63, 3.8) is 0 Å². The minimum Gasteiger partial charge on any atom is -0.466 e. The molecule has 0 fully saturated rings. The van der Waals surface area contributed by atoms with E-state index in [4.69, 9.17) is 4.74 Å². The third-order valence-corrected chi connectivity index (χ3v) is 2.62. The summed E-state index contributed by atoms with van der Waals surface area (Å²) in [5, 5.41) is 0. The van der Waals surface area contributed by atoms with Gasteiger partial charge >= 0.3 is 5.97 Å². The van der Waals surface area contributed by atoms with Crippen LogP contribution in [0.5, 0.6) is 0 Å². The molecule has 2 nitrogen and oxygen atoms in total. The summed E-state index contributed by atoms with van der Waals surface area (Å²) in [5.74, 6) is 0.941. The third-order valence-electron chi connectivity index (χ3n) is 2.30. The Morgan fingerprint density at radius 3 is 2.40 bits per heavy atom. The highest BCUT2D eigenvalue weighted by molar-refractivity contribution is 7.80. The number of thiol groups is 1. The van der Waals surface area contributed by atoms with Gasteiger partial charge in [-0.05, 0) is 25.0 Å². The molecule has 0 aliphatic heterocycles. The molecule has 0 atom stereocenters. The Hall–Kier alpha value is -0.180. The quantitative estimate of drug-likeness (QED) is 0.354. The molecule has 0 saturated carbocycles. The third kappa shape index (κ3) is 11.7. The summed E-state index contributed by atoms with van der Waals surface area (Å²) in [5.41, 5.74) is 0. The van der Waals surface area contributed by atoms with Crippen LogP contribution in [0.15, 0.2) is 0 Å². The Balaban J connectivity index is 3.10. The summed E-state index contributed by atoms with van der Waals surface area (Å²) in [6, 6.07) is 0. The lowest BCUT2D eigenvalue weighted by molar-refractivity contribution is -0.143. The van der Waals surface area contributed by atoms with Crippen LogP contribution in [0.1, 0.15) is 58.3 Å². The van der Waals surface area contributed by atoms with Crippen LogP contribution in [0.2, 0.25) is 0 Å². The number of carbonyl (C=O) groups is 1. The van der Waals surface area contributed by atoms with Crippen molar-refractivity contribution in [2.45, 2.75) is 58.3 Å². The SMILES string of the molecule is CCCCOC(=O)CCCCCCCS. The lowest BCUT2D eigenvalue weighted by Crippen LogP contribution is -2.05. The molecule has 0 spiro atoms. The lowest BCUT2D eigenvalue weighted by Gasteiger charge is -2.03. The Kier molecular flexibility index (Phi) is 11.7. The fourth-order valence-electron chi connectivity index (χ4n) is 1.31. The van der Waals surface area contributed by atoms with Crippen molar-refractivity contribution in [1.82, 2.24) is 0 Å². The number of ether oxygens (including phenoxy) is 1. The molecule has 0 aliphatic carbocycles. The van der Waals surface area contributed by atoms with Gasteiger partial charge in [0.25, 0.3) is 0 Å². The van der Waals surface area contributed by atoms with E-state index in [2.05, 4.69) is 19.6 Å². The van der Waals surface area contributed by atoms with Crippen molar-refractivity contribution in [2.24, 2.45) is 0 Å². The second kappa shape index (κ2) is 11.9. The molecular weight excluding hydrogens is 208 g/mol. The molecule has 0 unspecified atom stereocenters. The molecule has 90 valence electrons. The molecule has 0 N–H and O–H groups in total. The largest absolute Gasteiger partial charge is 0.466 e. The van der Waals surface area contributed by atoms with E-state index in [9.17, 15) is 4.79 Å². The van der Waals surface area contributed by atoms with Crippen molar-refractivity contribution in [2.75, 3.05) is 12.4 Å². The van der Waals surface area contributed by atoms with E-state index in [0.717, 1.165) is 31.4 Å². The molecule has 15 heavy (non-hydrogen) atoms. The molecule has 0 aromatic heterocycles. The maximum absolute atomic E-state index is 11.2. The van der Waals surface area contributed by atoms with Gasteiger partial charge in [-0.2, -0.15) is 12.6 Å². The molecular formula is C12H24O2S. The van der Waals surface area contributed by atoms with Gasteiger partial charge in [0.15, 0.2) is 0 Å². The summed E-state index contributed by atoms with van der Waals surface area (Å²) in [4.78, 5) is 11.2. The smallest absolute Gasteiger partial charge is 0.305 e. The number of carbonyl (C=O) groups excluding carboxylic acids is 1. The fraction of sp³-hybridized carbons (Fsp3) is 0.917. The lowest BCUT2D eigenvalue weighted by atomic mass is 10.1. The fourth-order valence-corrected chi connectivity index (χ4v) is 1.54. The van der Waals surface area contributed by atoms with E-state index in [1.807, 2.05) is 0 Å². The van der Waals surface area contributed by atoms with Crippen molar-refractivity contribution < 1.29 is 9.53 Å². The number of esters is 1. The van der Waals surface area contributed by atoms with Crippen LogP contribution >= 0.6 is 12.6 Å². The average Bonchev–Trinajstić information content (AvgIpc) is 2.23. The summed E-state index contributed by atoms with van der Waals surface area (Å²) in [6.45, 7) is 2.68. The molecule has 0 bridgehead atoms. The molecule has 0 aromatic carbocycles. The number of hydrogen-bond acceptors (Lipinski definition) is 3. The number of hydrogen-bond donors (Lipinski definition) is 1. The molecule has 0 heterocycles. The number of unbranched alkanes of at least 4 members (excludes halogenated alkanes) is 5. The molecule has 0 rings (SSSR count). The van der Waals surface area contributed by atoms with Crippen LogP contribution in [-0.2, 0) is 9.53 Å². The van der Waals surface area contributed by atoms with Crippen LogP contribution < -0.4 is 0 Å². The number of rotatable bonds is 10. The summed E-state index contributed by atoms with van der Waals surface area (Å²) >= 11 is 4.15. The molecule has 0 aliphatic rings. The second-order valence-corrected chi connectivity index (χ2v) is 4.26. The van der Waals surface area contributed by atoms with Crippen LogP contribution in [-0.4, -0.2) is 18.3 Å². The van der Waals surface area contributed by atoms with Crippen LogP contribution in [0.3, 0.4) is 0 Å². The van der Waals surface area contributed by atoms with E-state index < -0.39 is 0 Å². The average molecular weight is 232 g/mol. The molecule has 0 amide bonds. The van der Waals surface area contributed by atoms with Crippen LogP contribution in [0, 0.1) is 0 Å². The molecule has 0 radical (unpaired) electrons. The Morgan fingerprint density at radius 2 is 1.73 bits per heavy atom. The monoisotopic (exact) mass is 232 g/mol. The standard InChI is InChI=1S/C12H24O2S/c1-2-3-10-14-12(13)9-7-5-4-6-8-11-15/h15H,2-11H2,1H3. The van der Waals surface area contributed by atoms with E-state index in [0.29, 0.717) is 13.0 Å². The predicted octanol–water partition coefficient (Wildman–Crippen LogP) is 3.60. The summed E-state index contributed by atoms with van der Waals surface area (Å²) in [6.07, 6.45) is 8.38. The highest BCUT2D eigenvalue weighted by atomic mass is 32.1. The van der Waals surface area contributed by atoms with Gasteiger partial charge in [0.05, 0.1) is 6.61 Å². The zero-order valence-electron chi connectivity index (χ0n) is 9.83. The first-order chi connectivity index (χ1) is 7.31. The predicted molar refractivity (Wildman–Crippen MR) is 67.4 cm³/mol. The minimum atomic E-state index is -0.0300. The van der Waals surface area contributed by atoms with Gasteiger partial charge in [-0.15, -0.1) is 0 Å². The van der Waals surface area contributed by atoms with Crippen LogP contribution in [0.4, 0.5) is 0 Å². The van der Waals surface area contributed by atoms with Crippen molar-refractivity contribution >= 4 is 18.6 Å². The van der Waals surface area contributed by atoms with Gasteiger partial charge in [-0.1, -0.05) is 32.6 Å². The van der Waals surface area contributed by atoms with E-state index in [-0.39, 0.29) is 5.97 Å². The highest BCUT2D eigenvalue weighted by Crippen LogP contribution is 2.06. The van der Waals surface area contributed by atoms with E-state index >= 15 is 0 Å². The Labute approximate surface area is 99.2 Å². The van der Waals surface area contributed by atoms with Gasteiger partial charge in [0.2, 0.25) is 0 Å². The van der Waals surface area contributed by atoms with Gasteiger partial charge in [-0.3, -0.25) is 4.79 Å². The van der Waals surface area contributed by atoms with E-state index in [1.165, 1.54) is 19.3 Å². The Bertz CT molecular complexity index is 149. The second-order valence-electron chi connectivity index (χ2n) is 3.82. The Morgan fingerprint density at radius 1 is 1.07 bits per heavy atom. The topological polar surface area (TPSA) is 26.3 Å². The first kappa shape index (κ1) is 14.8. The van der Waals surface area contributed by atoms with Crippen LogP contribution in [0.25, 0.3) is 0 Å². The van der Waals surface area contributed by atoms with Gasteiger partial charge < -0.3 is 4.74 Å². The zero-order chi connectivity index (χ0) is 11.4. The summed E-state index contributed by atoms with van der Waals surface area (Å²) < 4.78 is 5.06. The molecule has 0 saturated heterocycles. The highest BCUT2D eigenvalue weighted by Gasteiger charge is 2.01. The molecule has 0 aromatic rings. The molecule has 3 heteroatoms. The zero-order valence-corrected chi connectivity index (χ0v) is 10.7. The van der Waals surface area contributed by atoms with E-state index in [1.54, 1.807) is 0 Å². The first-order valence-electron chi connectivity index (χ1n) is 6.07. The van der Waals surface area contributed by atoms with Gasteiger partial charge in [0.1, 0.15) is 0 Å². The van der Waals surface area contributed by atoms with Crippen molar-refractivity contribution in [1.29, 1.82) is 0 Å². The van der Waals surface area contributed by atoms with Gasteiger partial charge in [-0.25, -0.2) is 0 Å². The summed E-state index contributed by atoms with van der Waals surface area (Å²) in [7, 11) is 0. The normalized spacial score (nSPS) is 10.3.